The third-order valence-electron chi connectivity index (χ3n) is 2.38. The molecule has 0 aliphatic rings. The molecule has 3 nitrogen and oxygen atoms in total. The SMILES string of the molecule is CCCCO/C=C/c1nc(C)nc2ccsc12. The Morgan fingerprint density at radius 1 is 1.41 bits per heavy atom. The quantitative estimate of drug-likeness (QED) is 0.596. The minimum Gasteiger partial charge on any atom is -0.501 e. The van der Waals surface area contributed by atoms with E-state index < -0.39 is 0 Å². The van der Waals surface area contributed by atoms with E-state index in [-0.39, 0.29) is 0 Å². The summed E-state index contributed by atoms with van der Waals surface area (Å²) in [6.07, 6.45) is 5.89. The molecule has 0 aliphatic heterocycles. The van der Waals surface area contributed by atoms with Gasteiger partial charge in [-0.15, -0.1) is 11.3 Å². The maximum atomic E-state index is 5.41. The molecule has 0 atom stereocenters. The van der Waals surface area contributed by atoms with E-state index in [0.717, 1.165) is 41.2 Å². The van der Waals surface area contributed by atoms with Gasteiger partial charge in [-0.2, -0.15) is 0 Å². The molecule has 17 heavy (non-hydrogen) atoms. The number of ether oxygens (including phenoxy) is 1. The molecule has 0 radical (unpaired) electrons. The van der Waals surface area contributed by atoms with Crippen LogP contribution < -0.4 is 0 Å². The fourth-order valence-corrected chi connectivity index (χ4v) is 2.33. The van der Waals surface area contributed by atoms with E-state index in [1.165, 1.54) is 0 Å². The Morgan fingerprint density at radius 2 is 2.29 bits per heavy atom. The van der Waals surface area contributed by atoms with Crippen molar-refractivity contribution in [1.82, 2.24) is 9.97 Å². The highest BCUT2D eigenvalue weighted by atomic mass is 32.1. The van der Waals surface area contributed by atoms with Gasteiger partial charge in [0.1, 0.15) is 5.82 Å². The summed E-state index contributed by atoms with van der Waals surface area (Å²) >= 11 is 1.66. The lowest BCUT2D eigenvalue weighted by molar-refractivity contribution is 0.246. The van der Waals surface area contributed by atoms with Crippen molar-refractivity contribution >= 4 is 27.6 Å². The van der Waals surface area contributed by atoms with Crippen LogP contribution in [0.2, 0.25) is 0 Å². The molecule has 2 rings (SSSR count). The first-order chi connectivity index (χ1) is 8.31. The van der Waals surface area contributed by atoms with Crippen molar-refractivity contribution in [3.05, 3.63) is 29.2 Å². The van der Waals surface area contributed by atoms with Crippen LogP contribution in [0.5, 0.6) is 0 Å². The van der Waals surface area contributed by atoms with Crippen LogP contribution in [-0.2, 0) is 4.74 Å². The summed E-state index contributed by atoms with van der Waals surface area (Å²) in [6, 6.07) is 2.02. The van der Waals surface area contributed by atoms with Gasteiger partial charge in [-0.1, -0.05) is 13.3 Å². The Morgan fingerprint density at radius 3 is 3.12 bits per heavy atom. The third kappa shape index (κ3) is 3.03. The molecule has 0 aromatic carbocycles. The second kappa shape index (κ2) is 5.77. The summed E-state index contributed by atoms with van der Waals surface area (Å²) < 4.78 is 6.52. The van der Waals surface area contributed by atoms with Gasteiger partial charge in [0, 0.05) is 0 Å². The first-order valence-corrected chi connectivity index (χ1v) is 6.69. The fourth-order valence-electron chi connectivity index (χ4n) is 1.53. The lowest BCUT2D eigenvalue weighted by atomic mass is 10.3. The predicted octanol–water partition coefficient (Wildman–Crippen LogP) is 3.79. The van der Waals surface area contributed by atoms with Crippen molar-refractivity contribution in [2.45, 2.75) is 26.7 Å². The Hall–Kier alpha value is -1.42. The van der Waals surface area contributed by atoms with E-state index in [1.54, 1.807) is 17.6 Å². The number of hydrogen-bond donors (Lipinski definition) is 0. The van der Waals surface area contributed by atoms with Crippen molar-refractivity contribution in [1.29, 1.82) is 0 Å². The molecule has 4 heteroatoms. The summed E-state index contributed by atoms with van der Waals surface area (Å²) in [5.74, 6) is 0.795. The molecule has 0 saturated heterocycles. The lowest BCUT2D eigenvalue weighted by Crippen LogP contribution is -1.91. The van der Waals surface area contributed by atoms with Gasteiger partial charge in [0.25, 0.3) is 0 Å². The lowest BCUT2D eigenvalue weighted by Gasteiger charge is -2.00. The Balaban J connectivity index is 2.14. The van der Waals surface area contributed by atoms with Crippen LogP contribution in [0, 0.1) is 6.92 Å². The Kier molecular flexibility index (Phi) is 4.09. The molecular formula is C13H16N2OS. The zero-order valence-corrected chi connectivity index (χ0v) is 11.0. The molecule has 0 saturated carbocycles. The number of rotatable bonds is 5. The van der Waals surface area contributed by atoms with E-state index >= 15 is 0 Å². The zero-order valence-electron chi connectivity index (χ0n) is 10.1. The summed E-state index contributed by atoms with van der Waals surface area (Å²) in [7, 11) is 0. The van der Waals surface area contributed by atoms with Crippen LogP contribution in [0.1, 0.15) is 31.3 Å². The molecule has 0 N–H and O–H groups in total. The minimum absolute atomic E-state index is 0.769. The molecule has 90 valence electrons. The highest BCUT2D eigenvalue weighted by Crippen LogP contribution is 2.22. The van der Waals surface area contributed by atoms with Crippen LogP contribution in [0.4, 0.5) is 0 Å². The number of thiophene rings is 1. The van der Waals surface area contributed by atoms with E-state index in [4.69, 9.17) is 4.74 Å². The van der Waals surface area contributed by atoms with Gasteiger partial charge in [-0.25, -0.2) is 9.97 Å². The highest BCUT2D eigenvalue weighted by molar-refractivity contribution is 7.17. The number of nitrogens with zero attached hydrogens (tertiary/aromatic N) is 2. The third-order valence-corrected chi connectivity index (χ3v) is 3.31. The van der Waals surface area contributed by atoms with Gasteiger partial charge in [0.15, 0.2) is 0 Å². The van der Waals surface area contributed by atoms with E-state index in [0.29, 0.717) is 0 Å². The Labute approximate surface area is 105 Å². The van der Waals surface area contributed by atoms with Crippen molar-refractivity contribution in [3.8, 4) is 0 Å². The van der Waals surface area contributed by atoms with Crippen LogP contribution in [-0.4, -0.2) is 16.6 Å². The zero-order chi connectivity index (χ0) is 12.1. The highest BCUT2D eigenvalue weighted by Gasteiger charge is 2.03. The molecule has 2 aromatic rings. The van der Waals surface area contributed by atoms with Gasteiger partial charge in [0.05, 0.1) is 28.8 Å². The molecule has 0 fully saturated rings. The van der Waals surface area contributed by atoms with Crippen LogP contribution in [0.15, 0.2) is 17.7 Å². The minimum atomic E-state index is 0.769. The van der Waals surface area contributed by atoms with Crippen LogP contribution in [0.3, 0.4) is 0 Å². The second-order valence-electron chi connectivity index (χ2n) is 3.82. The smallest absolute Gasteiger partial charge is 0.126 e. The van der Waals surface area contributed by atoms with Crippen LogP contribution in [0.25, 0.3) is 16.3 Å². The number of hydrogen-bond acceptors (Lipinski definition) is 4. The van der Waals surface area contributed by atoms with Crippen molar-refractivity contribution < 1.29 is 4.74 Å². The number of aryl methyl sites for hydroxylation is 1. The van der Waals surface area contributed by atoms with Gasteiger partial charge in [-0.05, 0) is 30.9 Å². The van der Waals surface area contributed by atoms with Gasteiger partial charge in [-0.3, -0.25) is 0 Å². The monoisotopic (exact) mass is 248 g/mol. The summed E-state index contributed by atoms with van der Waals surface area (Å²) in [5, 5.41) is 2.04. The first-order valence-electron chi connectivity index (χ1n) is 5.81. The molecule has 0 spiro atoms. The van der Waals surface area contributed by atoms with E-state index in [2.05, 4.69) is 16.9 Å². The maximum Gasteiger partial charge on any atom is 0.126 e. The van der Waals surface area contributed by atoms with Crippen LogP contribution >= 0.6 is 11.3 Å². The predicted molar refractivity (Wildman–Crippen MR) is 72.0 cm³/mol. The average Bonchev–Trinajstić information content (AvgIpc) is 2.76. The summed E-state index contributed by atoms with van der Waals surface area (Å²) in [4.78, 5) is 8.80. The Bertz CT molecular complexity index is 519. The van der Waals surface area contributed by atoms with Gasteiger partial charge in [0.2, 0.25) is 0 Å². The average molecular weight is 248 g/mol. The fraction of sp³-hybridized carbons (Fsp3) is 0.385. The maximum absolute atomic E-state index is 5.41. The van der Waals surface area contributed by atoms with E-state index in [1.807, 2.05) is 24.4 Å². The number of unbranched alkanes of at least 4 members (excludes halogenated alkanes) is 1. The summed E-state index contributed by atoms with van der Waals surface area (Å²) in [5.41, 5.74) is 1.95. The van der Waals surface area contributed by atoms with E-state index in [9.17, 15) is 0 Å². The normalized spacial score (nSPS) is 11.4. The topological polar surface area (TPSA) is 35.0 Å². The molecule has 2 heterocycles. The molecule has 0 amide bonds. The van der Waals surface area contributed by atoms with Crippen molar-refractivity contribution in [3.63, 3.8) is 0 Å². The number of fused-ring (bicyclic) bond motifs is 1. The van der Waals surface area contributed by atoms with Crippen molar-refractivity contribution in [2.75, 3.05) is 6.61 Å². The second-order valence-corrected chi connectivity index (χ2v) is 4.73. The first kappa shape index (κ1) is 12.0. The molecule has 0 bridgehead atoms. The van der Waals surface area contributed by atoms with Gasteiger partial charge < -0.3 is 4.74 Å². The van der Waals surface area contributed by atoms with Crippen molar-refractivity contribution in [2.24, 2.45) is 0 Å². The molecule has 0 unspecified atom stereocenters. The molecular weight excluding hydrogens is 232 g/mol. The number of aromatic nitrogens is 2. The molecule has 2 aromatic heterocycles. The van der Waals surface area contributed by atoms with Gasteiger partial charge >= 0.3 is 0 Å². The molecule has 0 aliphatic carbocycles. The summed E-state index contributed by atoms with van der Waals surface area (Å²) in [6.45, 7) is 4.83. The standard InChI is InChI=1S/C13H16N2OS/c1-3-4-7-16-8-5-11-13-12(6-9-17-13)15-10(2)14-11/h5-6,8-9H,3-4,7H2,1-2H3/b8-5+. The largest absolute Gasteiger partial charge is 0.501 e.